The Bertz CT molecular complexity index is 431. The van der Waals surface area contributed by atoms with Gasteiger partial charge in [-0.15, -0.1) is 0 Å². The molecule has 0 spiro atoms. The Kier molecular flexibility index (Phi) is 2.96. The summed E-state index contributed by atoms with van der Waals surface area (Å²) in [6.07, 6.45) is 7.79. The van der Waals surface area contributed by atoms with Gasteiger partial charge >= 0.3 is 7.12 Å². The van der Waals surface area contributed by atoms with Crippen molar-refractivity contribution < 1.29 is 9.31 Å². The molecule has 0 aromatic heterocycles. The average Bonchev–Trinajstić information content (AvgIpc) is 2.49. The van der Waals surface area contributed by atoms with Crippen LogP contribution in [0.2, 0.25) is 5.31 Å². The second-order valence-electron chi connectivity index (χ2n) is 6.31. The van der Waals surface area contributed by atoms with E-state index in [4.69, 9.17) is 9.31 Å². The third kappa shape index (κ3) is 1.82. The predicted molar refractivity (Wildman–Crippen MR) is 71.8 cm³/mol. The van der Waals surface area contributed by atoms with Crippen molar-refractivity contribution in [2.24, 2.45) is 5.92 Å². The third-order valence-electron chi connectivity index (χ3n) is 4.44. The first-order chi connectivity index (χ1) is 8.23. The van der Waals surface area contributed by atoms with Gasteiger partial charge < -0.3 is 9.31 Å². The van der Waals surface area contributed by atoms with Crippen molar-refractivity contribution >= 4 is 7.12 Å². The van der Waals surface area contributed by atoms with E-state index in [0.29, 0.717) is 0 Å². The number of nitrogens with zero attached hydrogens (tertiary/aromatic N) is 1. The Morgan fingerprint density at radius 2 is 1.61 bits per heavy atom. The fourth-order valence-electron chi connectivity index (χ4n) is 2.25. The van der Waals surface area contributed by atoms with Gasteiger partial charge in [0.1, 0.15) is 0 Å². The molecular weight excluding hydrogens is 225 g/mol. The number of allylic oxidation sites excluding steroid dienone is 4. The molecule has 0 amide bonds. The van der Waals surface area contributed by atoms with E-state index in [9.17, 15) is 5.26 Å². The molecule has 96 valence electrons. The summed E-state index contributed by atoms with van der Waals surface area (Å²) < 4.78 is 12.2. The molecule has 1 aliphatic carbocycles. The van der Waals surface area contributed by atoms with Crippen molar-refractivity contribution in [2.75, 3.05) is 0 Å². The minimum absolute atomic E-state index is 0.225. The van der Waals surface area contributed by atoms with Gasteiger partial charge in [0.15, 0.2) is 0 Å². The molecule has 2 atom stereocenters. The summed E-state index contributed by atoms with van der Waals surface area (Å²) >= 11 is 0. The molecule has 1 saturated heterocycles. The van der Waals surface area contributed by atoms with E-state index >= 15 is 0 Å². The summed E-state index contributed by atoms with van der Waals surface area (Å²) in [5.41, 5.74) is -0.731. The van der Waals surface area contributed by atoms with Gasteiger partial charge in [-0.3, -0.25) is 0 Å². The van der Waals surface area contributed by atoms with Gasteiger partial charge in [-0.2, -0.15) is 5.26 Å². The maximum atomic E-state index is 9.30. The molecule has 2 aliphatic rings. The molecule has 1 aliphatic heterocycles. The highest BCUT2D eigenvalue weighted by Gasteiger charge is 2.59. The summed E-state index contributed by atoms with van der Waals surface area (Å²) in [4.78, 5) is 0. The first kappa shape index (κ1) is 13.4. The van der Waals surface area contributed by atoms with Crippen molar-refractivity contribution in [1.29, 1.82) is 5.26 Å². The van der Waals surface area contributed by atoms with Gasteiger partial charge in [-0.25, -0.2) is 0 Å². The number of rotatable bonds is 1. The van der Waals surface area contributed by atoms with Crippen LogP contribution in [-0.2, 0) is 9.31 Å². The molecule has 18 heavy (non-hydrogen) atoms. The molecule has 1 heterocycles. The molecule has 2 unspecified atom stereocenters. The molecule has 1 fully saturated rings. The lowest BCUT2D eigenvalue weighted by Crippen LogP contribution is -2.41. The van der Waals surface area contributed by atoms with Crippen LogP contribution < -0.4 is 0 Å². The highest BCUT2D eigenvalue weighted by molar-refractivity contribution is 6.50. The maximum absolute atomic E-state index is 9.30. The molecule has 3 nitrogen and oxygen atoms in total. The third-order valence-corrected chi connectivity index (χ3v) is 4.44. The van der Waals surface area contributed by atoms with Gasteiger partial charge in [0, 0.05) is 5.31 Å². The van der Waals surface area contributed by atoms with E-state index in [2.05, 4.69) is 6.07 Å². The fourth-order valence-corrected chi connectivity index (χ4v) is 2.25. The monoisotopic (exact) mass is 245 g/mol. The van der Waals surface area contributed by atoms with E-state index in [0.717, 1.165) is 0 Å². The molecule has 0 saturated carbocycles. The Morgan fingerprint density at radius 1 is 1.06 bits per heavy atom. The Morgan fingerprint density at radius 3 is 2.11 bits per heavy atom. The minimum atomic E-state index is -0.436. The standard InChI is InChI=1S/C14H20BNO2/c1-12(2)13(3,4)18-15(17-12)14(5)9-7-6-8-11(14)10-16/h6-9,11H,1-5H3. The normalized spacial score (nSPS) is 36.7. The Labute approximate surface area is 110 Å². The Hall–Kier alpha value is -1.05. The number of nitriles is 1. The van der Waals surface area contributed by atoms with Crippen molar-refractivity contribution in [2.45, 2.75) is 51.1 Å². The van der Waals surface area contributed by atoms with Crippen LogP contribution in [0.25, 0.3) is 0 Å². The topological polar surface area (TPSA) is 42.2 Å². The minimum Gasteiger partial charge on any atom is -0.403 e. The predicted octanol–water partition coefficient (Wildman–Crippen LogP) is 3.10. The van der Waals surface area contributed by atoms with Gasteiger partial charge in [-0.05, 0) is 27.7 Å². The quantitative estimate of drug-likeness (QED) is 0.666. The zero-order valence-electron chi connectivity index (χ0n) is 11.7. The first-order valence-corrected chi connectivity index (χ1v) is 6.34. The summed E-state index contributed by atoms with van der Waals surface area (Å²) in [6.45, 7) is 10.1. The second kappa shape index (κ2) is 3.98. The lowest BCUT2D eigenvalue weighted by Gasteiger charge is -2.32. The highest BCUT2D eigenvalue weighted by Crippen LogP contribution is 2.50. The molecule has 0 radical (unpaired) electrons. The largest absolute Gasteiger partial charge is 0.469 e. The van der Waals surface area contributed by atoms with E-state index in [1.165, 1.54) is 0 Å². The second-order valence-corrected chi connectivity index (χ2v) is 6.31. The van der Waals surface area contributed by atoms with Gasteiger partial charge in [0.05, 0.1) is 23.2 Å². The van der Waals surface area contributed by atoms with E-state index in [-0.39, 0.29) is 17.1 Å². The maximum Gasteiger partial charge on any atom is 0.469 e. The average molecular weight is 245 g/mol. The zero-order chi connectivity index (χ0) is 13.6. The SMILES string of the molecule is CC1(B2OC(C)(C)C(C)(C)O2)C=CC=CC1C#N. The first-order valence-electron chi connectivity index (χ1n) is 6.34. The molecule has 0 N–H and O–H groups in total. The summed E-state index contributed by atoms with van der Waals surface area (Å²) in [5.74, 6) is -0.225. The van der Waals surface area contributed by atoms with Crippen LogP contribution in [0.4, 0.5) is 0 Å². The Balaban J connectivity index is 2.31. The van der Waals surface area contributed by atoms with Crippen LogP contribution >= 0.6 is 0 Å². The number of hydrogen-bond donors (Lipinski definition) is 0. The molecule has 0 aromatic carbocycles. The van der Waals surface area contributed by atoms with Crippen molar-refractivity contribution in [3.63, 3.8) is 0 Å². The zero-order valence-corrected chi connectivity index (χ0v) is 11.7. The summed E-state index contributed by atoms with van der Waals surface area (Å²) in [7, 11) is -0.395. The van der Waals surface area contributed by atoms with Crippen LogP contribution in [-0.4, -0.2) is 18.3 Å². The van der Waals surface area contributed by atoms with Crippen LogP contribution in [0.15, 0.2) is 24.3 Å². The number of hydrogen-bond acceptors (Lipinski definition) is 3. The van der Waals surface area contributed by atoms with Crippen LogP contribution in [0.5, 0.6) is 0 Å². The van der Waals surface area contributed by atoms with E-state index in [1.807, 2.05) is 58.9 Å². The lowest BCUT2D eigenvalue weighted by atomic mass is 9.51. The van der Waals surface area contributed by atoms with E-state index < -0.39 is 12.4 Å². The molecular formula is C14H20BNO2. The van der Waals surface area contributed by atoms with Crippen molar-refractivity contribution in [1.82, 2.24) is 0 Å². The molecule has 0 bridgehead atoms. The van der Waals surface area contributed by atoms with Crippen LogP contribution in [0, 0.1) is 17.2 Å². The summed E-state index contributed by atoms with van der Waals surface area (Å²) in [5, 5.41) is 8.86. The lowest BCUT2D eigenvalue weighted by molar-refractivity contribution is 0.00578. The molecule has 0 aromatic rings. The van der Waals surface area contributed by atoms with Crippen LogP contribution in [0.3, 0.4) is 0 Å². The molecule has 2 rings (SSSR count). The van der Waals surface area contributed by atoms with Gasteiger partial charge in [0.2, 0.25) is 0 Å². The van der Waals surface area contributed by atoms with Gasteiger partial charge in [0.25, 0.3) is 0 Å². The highest BCUT2D eigenvalue weighted by atomic mass is 16.7. The summed E-state index contributed by atoms with van der Waals surface area (Å²) in [6, 6.07) is 2.33. The van der Waals surface area contributed by atoms with Crippen molar-refractivity contribution in [3.8, 4) is 6.07 Å². The van der Waals surface area contributed by atoms with E-state index in [1.54, 1.807) is 0 Å². The smallest absolute Gasteiger partial charge is 0.403 e. The van der Waals surface area contributed by atoms with Crippen LogP contribution in [0.1, 0.15) is 34.6 Å². The molecule has 4 heteroatoms. The fraction of sp³-hybridized carbons (Fsp3) is 0.643. The van der Waals surface area contributed by atoms with Gasteiger partial charge in [-0.1, -0.05) is 31.2 Å². The van der Waals surface area contributed by atoms with Crippen molar-refractivity contribution in [3.05, 3.63) is 24.3 Å².